The fraction of sp³-hybridized carbons (Fsp3) is 0.350. The molecule has 1 unspecified atom stereocenters. The Morgan fingerprint density at radius 3 is 2.58 bits per heavy atom. The van der Waals surface area contributed by atoms with E-state index in [4.69, 9.17) is 9.47 Å². The lowest BCUT2D eigenvalue weighted by molar-refractivity contribution is -0.154. The van der Waals surface area contributed by atoms with Crippen molar-refractivity contribution in [2.75, 3.05) is 6.61 Å². The summed E-state index contributed by atoms with van der Waals surface area (Å²) in [5, 5.41) is 10.3. The molecule has 2 aromatic carbocycles. The van der Waals surface area contributed by atoms with Crippen molar-refractivity contribution in [1.82, 2.24) is 0 Å². The summed E-state index contributed by atoms with van der Waals surface area (Å²) in [5.74, 6) is 0.166. The van der Waals surface area contributed by atoms with Gasteiger partial charge >= 0.3 is 5.97 Å². The highest BCUT2D eigenvalue weighted by Gasteiger charge is 2.21. The number of hydrogen-bond donors (Lipinski definition) is 1. The number of aryl methyl sites for hydroxylation is 1. The van der Waals surface area contributed by atoms with E-state index in [1.54, 1.807) is 12.1 Å². The molecule has 1 N–H and O–H groups in total. The van der Waals surface area contributed by atoms with E-state index in [-0.39, 0.29) is 6.61 Å². The minimum atomic E-state index is -1.29. The maximum atomic E-state index is 12.0. The van der Waals surface area contributed by atoms with Gasteiger partial charge < -0.3 is 14.6 Å². The van der Waals surface area contributed by atoms with Gasteiger partial charge in [-0.1, -0.05) is 55.8 Å². The standard InChI is InChI=1S/C20H24O4/c1-3-4-13-23-20(22)19(21)17-11-7-6-10-16(17)14-24-18-12-8-5-9-15(18)2/h5-12,19,21H,3-4,13-14H2,1-2H3. The normalized spacial score (nSPS) is 11.8. The molecule has 0 bridgehead atoms. The lowest BCUT2D eigenvalue weighted by Gasteiger charge is -2.16. The second-order valence-corrected chi connectivity index (χ2v) is 5.68. The van der Waals surface area contributed by atoms with Gasteiger partial charge in [-0.25, -0.2) is 4.79 Å². The Bertz CT molecular complexity index is 666. The molecule has 0 aromatic heterocycles. The topological polar surface area (TPSA) is 55.8 Å². The first kappa shape index (κ1) is 18.0. The Balaban J connectivity index is 2.06. The van der Waals surface area contributed by atoms with E-state index < -0.39 is 12.1 Å². The zero-order valence-electron chi connectivity index (χ0n) is 14.2. The predicted molar refractivity (Wildman–Crippen MR) is 92.8 cm³/mol. The molecular formula is C20H24O4. The fourth-order valence-electron chi connectivity index (χ4n) is 2.33. The third kappa shape index (κ3) is 4.83. The number of esters is 1. The van der Waals surface area contributed by atoms with Crippen molar-refractivity contribution in [2.45, 2.75) is 39.4 Å². The molecule has 128 valence electrons. The molecule has 4 heteroatoms. The molecule has 0 aliphatic carbocycles. The van der Waals surface area contributed by atoms with Crippen LogP contribution in [0.3, 0.4) is 0 Å². The summed E-state index contributed by atoms with van der Waals surface area (Å²) in [7, 11) is 0. The number of hydrogen-bond acceptors (Lipinski definition) is 4. The summed E-state index contributed by atoms with van der Waals surface area (Å²) in [4.78, 5) is 12.0. The largest absolute Gasteiger partial charge is 0.489 e. The minimum Gasteiger partial charge on any atom is -0.489 e. The molecule has 0 fully saturated rings. The Labute approximate surface area is 143 Å². The van der Waals surface area contributed by atoms with Gasteiger partial charge in [0.2, 0.25) is 0 Å². The van der Waals surface area contributed by atoms with Crippen molar-refractivity contribution in [3.05, 3.63) is 65.2 Å². The van der Waals surface area contributed by atoms with E-state index in [0.717, 1.165) is 29.7 Å². The number of benzene rings is 2. The Hall–Kier alpha value is -2.33. The van der Waals surface area contributed by atoms with Crippen LogP contribution in [0.5, 0.6) is 5.75 Å². The SMILES string of the molecule is CCCCOC(=O)C(O)c1ccccc1COc1ccccc1C. The Morgan fingerprint density at radius 2 is 1.83 bits per heavy atom. The highest BCUT2D eigenvalue weighted by Crippen LogP contribution is 2.23. The third-order valence-corrected chi connectivity index (χ3v) is 3.79. The molecule has 0 saturated carbocycles. The number of carbonyl (C=O) groups excluding carboxylic acids is 1. The second-order valence-electron chi connectivity index (χ2n) is 5.68. The number of ether oxygens (including phenoxy) is 2. The van der Waals surface area contributed by atoms with E-state index in [0.29, 0.717) is 12.2 Å². The Morgan fingerprint density at radius 1 is 1.12 bits per heavy atom. The fourth-order valence-corrected chi connectivity index (χ4v) is 2.33. The van der Waals surface area contributed by atoms with Gasteiger partial charge in [-0.05, 0) is 36.1 Å². The van der Waals surface area contributed by atoms with Crippen LogP contribution in [0.2, 0.25) is 0 Å². The summed E-state index contributed by atoms with van der Waals surface area (Å²) >= 11 is 0. The van der Waals surface area contributed by atoms with Crippen molar-refractivity contribution in [3.63, 3.8) is 0 Å². The predicted octanol–water partition coefficient (Wildman–Crippen LogP) is 3.95. The molecule has 4 nitrogen and oxygen atoms in total. The maximum Gasteiger partial charge on any atom is 0.339 e. The van der Waals surface area contributed by atoms with Crippen LogP contribution in [0.15, 0.2) is 48.5 Å². The molecule has 0 aliphatic heterocycles. The minimum absolute atomic E-state index is 0.278. The van der Waals surface area contributed by atoms with Crippen molar-refractivity contribution < 1.29 is 19.4 Å². The number of carbonyl (C=O) groups is 1. The van der Waals surface area contributed by atoms with Crippen LogP contribution in [0, 0.1) is 6.92 Å². The van der Waals surface area contributed by atoms with Gasteiger partial charge in [-0.2, -0.15) is 0 Å². The first-order valence-corrected chi connectivity index (χ1v) is 8.24. The quantitative estimate of drug-likeness (QED) is 0.589. The van der Waals surface area contributed by atoms with E-state index in [1.165, 1.54) is 0 Å². The molecular weight excluding hydrogens is 304 g/mol. The molecule has 2 rings (SSSR count). The highest BCUT2D eigenvalue weighted by molar-refractivity contribution is 5.76. The van der Waals surface area contributed by atoms with Gasteiger partial charge in [0.1, 0.15) is 12.4 Å². The Kier molecular flexibility index (Phi) is 6.82. The zero-order valence-corrected chi connectivity index (χ0v) is 14.2. The smallest absolute Gasteiger partial charge is 0.339 e. The van der Waals surface area contributed by atoms with Crippen LogP contribution in [-0.4, -0.2) is 17.7 Å². The van der Waals surface area contributed by atoms with Crippen LogP contribution in [0.25, 0.3) is 0 Å². The molecule has 0 radical (unpaired) electrons. The van der Waals surface area contributed by atoms with Gasteiger partial charge in [-0.15, -0.1) is 0 Å². The second kappa shape index (κ2) is 9.08. The van der Waals surface area contributed by atoms with Gasteiger partial charge in [0.25, 0.3) is 0 Å². The van der Waals surface area contributed by atoms with Crippen LogP contribution in [-0.2, 0) is 16.1 Å². The van der Waals surface area contributed by atoms with Gasteiger partial charge in [0, 0.05) is 0 Å². The first-order chi connectivity index (χ1) is 11.6. The summed E-state index contributed by atoms with van der Waals surface area (Å²) in [5.41, 5.74) is 2.32. The number of aliphatic hydroxyl groups is 1. The average Bonchev–Trinajstić information content (AvgIpc) is 2.61. The van der Waals surface area contributed by atoms with Crippen molar-refractivity contribution >= 4 is 5.97 Å². The number of para-hydroxylation sites is 1. The van der Waals surface area contributed by atoms with Crippen LogP contribution in [0.4, 0.5) is 0 Å². The van der Waals surface area contributed by atoms with E-state index >= 15 is 0 Å². The lowest BCUT2D eigenvalue weighted by Crippen LogP contribution is -2.18. The maximum absolute atomic E-state index is 12.0. The summed E-state index contributed by atoms with van der Waals surface area (Å²) in [6.07, 6.45) is 0.430. The molecule has 0 spiro atoms. The molecule has 1 atom stereocenters. The monoisotopic (exact) mass is 328 g/mol. The molecule has 0 aliphatic rings. The van der Waals surface area contributed by atoms with Crippen molar-refractivity contribution in [2.24, 2.45) is 0 Å². The van der Waals surface area contributed by atoms with E-state index in [9.17, 15) is 9.90 Å². The molecule has 0 saturated heterocycles. The van der Waals surface area contributed by atoms with Crippen molar-refractivity contribution in [3.8, 4) is 5.75 Å². The van der Waals surface area contributed by atoms with E-state index in [2.05, 4.69) is 0 Å². The highest BCUT2D eigenvalue weighted by atomic mass is 16.5. The number of rotatable bonds is 8. The van der Waals surface area contributed by atoms with Crippen molar-refractivity contribution in [1.29, 1.82) is 0 Å². The van der Waals surface area contributed by atoms with Gasteiger partial charge in [0.15, 0.2) is 6.10 Å². The van der Waals surface area contributed by atoms with Gasteiger partial charge in [0.05, 0.1) is 6.61 Å². The average molecular weight is 328 g/mol. The lowest BCUT2D eigenvalue weighted by atomic mass is 10.0. The first-order valence-electron chi connectivity index (χ1n) is 8.24. The zero-order chi connectivity index (χ0) is 17.4. The summed E-state index contributed by atoms with van der Waals surface area (Å²) in [6.45, 7) is 4.60. The van der Waals surface area contributed by atoms with Crippen LogP contribution >= 0.6 is 0 Å². The third-order valence-electron chi connectivity index (χ3n) is 3.79. The number of aliphatic hydroxyl groups excluding tert-OH is 1. The molecule has 2 aromatic rings. The summed E-state index contributed by atoms with van der Waals surface area (Å²) < 4.78 is 10.9. The molecule has 24 heavy (non-hydrogen) atoms. The molecule has 0 heterocycles. The van der Waals surface area contributed by atoms with Crippen LogP contribution in [0.1, 0.15) is 42.6 Å². The molecule has 0 amide bonds. The number of unbranched alkanes of at least 4 members (excludes halogenated alkanes) is 1. The van der Waals surface area contributed by atoms with Gasteiger partial charge in [-0.3, -0.25) is 0 Å². The van der Waals surface area contributed by atoms with E-state index in [1.807, 2.05) is 50.2 Å². The summed E-state index contributed by atoms with van der Waals surface area (Å²) in [6, 6.07) is 14.9. The van der Waals surface area contributed by atoms with Crippen LogP contribution < -0.4 is 4.74 Å².